The first kappa shape index (κ1) is 16.3. The van der Waals surface area contributed by atoms with E-state index in [9.17, 15) is 18.5 Å². The number of nitro benzene ring substituents is 1. The van der Waals surface area contributed by atoms with Crippen LogP contribution in [0.5, 0.6) is 5.75 Å². The topological polar surface area (TPSA) is 86.5 Å². The van der Waals surface area contributed by atoms with Gasteiger partial charge in [-0.3, -0.25) is 10.1 Å². The van der Waals surface area contributed by atoms with E-state index in [2.05, 4.69) is 0 Å². The number of nitro groups is 1. The molecule has 0 N–H and O–H groups in total. The third kappa shape index (κ3) is 3.37. The largest absolute Gasteiger partial charge is 0.496 e. The van der Waals surface area contributed by atoms with Gasteiger partial charge in [0.05, 0.1) is 27.7 Å². The maximum absolute atomic E-state index is 12.5. The van der Waals surface area contributed by atoms with Crippen molar-refractivity contribution in [3.05, 3.63) is 63.2 Å². The molecule has 8 heteroatoms. The van der Waals surface area contributed by atoms with Gasteiger partial charge in [-0.1, -0.05) is 23.7 Å². The molecule has 2 rings (SSSR count). The second kappa shape index (κ2) is 6.33. The van der Waals surface area contributed by atoms with E-state index in [1.54, 1.807) is 12.1 Å². The molecule has 0 aliphatic carbocycles. The number of halogens is 1. The van der Waals surface area contributed by atoms with Crippen LogP contribution in [0, 0.1) is 10.1 Å². The second-order valence-electron chi connectivity index (χ2n) is 4.44. The summed E-state index contributed by atoms with van der Waals surface area (Å²) in [6.07, 6.45) is 0. The molecule has 0 aromatic heterocycles. The van der Waals surface area contributed by atoms with Gasteiger partial charge in [0.2, 0.25) is 0 Å². The number of benzene rings is 2. The van der Waals surface area contributed by atoms with Gasteiger partial charge in [0.1, 0.15) is 5.75 Å². The van der Waals surface area contributed by atoms with E-state index in [0.29, 0.717) is 0 Å². The number of sulfone groups is 1. The number of hydrogen-bond acceptors (Lipinski definition) is 5. The second-order valence-corrected chi connectivity index (χ2v) is 6.81. The van der Waals surface area contributed by atoms with E-state index >= 15 is 0 Å². The van der Waals surface area contributed by atoms with Crippen LogP contribution in [0.25, 0.3) is 0 Å². The maximum atomic E-state index is 12.5. The summed E-state index contributed by atoms with van der Waals surface area (Å²) in [5.74, 6) is -0.178. The van der Waals surface area contributed by atoms with Crippen molar-refractivity contribution in [3.63, 3.8) is 0 Å². The van der Waals surface area contributed by atoms with Crippen molar-refractivity contribution in [2.24, 2.45) is 0 Å². The van der Waals surface area contributed by atoms with Gasteiger partial charge in [-0.2, -0.15) is 0 Å². The Bertz CT molecular complexity index is 820. The quantitative estimate of drug-likeness (QED) is 0.615. The minimum atomic E-state index is -3.75. The molecule has 22 heavy (non-hydrogen) atoms. The molecule has 0 heterocycles. The summed E-state index contributed by atoms with van der Waals surface area (Å²) >= 11 is 5.91. The first-order valence-corrected chi connectivity index (χ1v) is 8.17. The zero-order valence-electron chi connectivity index (χ0n) is 11.5. The van der Waals surface area contributed by atoms with Gasteiger partial charge in [-0.05, 0) is 18.2 Å². The van der Waals surface area contributed by atoms with Crippen LogP contribution in [0.4, 0.5) is 5.69 Å². The Morgan fingerprint density at radius 1 is 1.23 bits per heavy atom. The lowest BCUT2D eigenvalue weighted by molar-refractivity contribution is -0.384. The molecule has 0 amide bonds. The van der Waals surface area contributed by atoms with Crippen LogP contribution in [0.15, 0.2) is 47.4 Å². The third-order valence-corrected chi connectivity index (χ3v) is 5.15. The van der Waals surface area contributed by atoms with Crippen LogP contribution in [-0.2, 0) is 15.6 Å². The van der Waals surface area contributed by atoms with Crippen LogP contribution in [-0.4, -0.2) is 20.5 Å². The van der Waals surface area contributed by atoms with Gasteiger partial charge in [0, 0.05) is 17.7 Å². The number of non-ortho nitro benzene ring substituents is 1. The van der Waals surface area contributed by atoms with Gasteiger partial charge in [-0.15, -0.1) is 0 Å². The fraction of sp³-hybridized carbons (Fsp3) is 0.143. The molecule has 0 spiro atoms. The molecule has 116 valence electrons. The fourth-order valence-corrected chi connectivity index (χ4v) is 3.90. The lowest BCUT2D eigenvalue weighted by Gasteiger charge is -2.10. The van der Waals surface area contributed by atoms with E-state index in [4.69, 9.17) is 16.3 Å². The predicted octanol–water partition coefficient (Wildman–Crippen LogP) is 3.23. The molecule has 0 aliphatic heterocycles. The van der Waals surface area contributed by atoms with Crippen molar-refractivity contribution in [1.29, 1.82) is 0 Å². The summed E-state index contributed by atoms with van der Waals surface area (Å²) in [5, 5.41) is 10.9. The van der Waals surface area contributed by atoms with E-state index in [0.717, 1.165) is 0 Å². The van der Waals surface area contributed by atoms with Crippen molar-refractivity contribution in [2.45, 2.75) is 10.6 Å². The molecule has 0 saturated carbocycles. The first-order valence-electron chi connectivity index (χ1n) is 6.14. The predicted molar refractivity (Wildman–Crippen MR) is 82.0 cm³/mol. The highest BCUT2D eigenvalue weighted by Crippen LogP contribution is 2.30. The maximum Gasteiger partial charge on any atom is 0.270 e. The average Bonchev–Trinajstić information content (AvgIpc) is 2.47. The summed E-state index contributed by atoms with van der Waals surface area (Å²) in [5.41, 5.74) is 0.00165. The Hall–Kier alpha value is -2.12. The summed E-state index contributed by atoms with van der Waals surface area (Å²) in [4.78, 5) is 10.2. The Labute approximate surface area is 132 Å². The molecule has 6 nitrogen and oxygen atoms in total. The van der Waals surface area contributed by atoms with Crippen LogP contribution in [0.2, 0.25) is 5.02 Å². The Morgan fingerprint density at radius 2 is 1.91 bits per heavy atom. The normalized spacial score (nSPS) is 11.2. The van der Waals surface area contributed by atoms with Gasteiger partial charge < -0.3 is 4.74 Å². The number of hydrogen-bond donors (Lipinski definition) is 0. The minimum Gasteiger partial charge on any atom is -0.496 e. The highest BCUT2D eigenvalue weighted by molar-refractivity contribution is 7.90. The summed E-state index contributed by atoms with van der Waals surface area (Å²) in [6.45, 7) is 0. The SMILES string of the molecule is COc1ccc([N+](=O)[O-])cc1CS(=O)(=O)c1ccccc1Cl. The smallest absolute Gasteiger partial charge is 0.270 e. The van der Waals surface area contributed by atoms with Crippen molar-refractivity contribution in [1.82, 2.24) is 0 Å². The molecular formula is C14H12ClNO5S. The van der Waals surface area contributed by atoms with Crippen molar-refractivity contribution in [2.75, 3.05) is 7.11 Å². The molecule has 0 radical (unpaired) electrons. The van der Waals surface area contributed by atoms with Crippen molar-refractivity contribution < 1.29 is 18.1 Å². The van der Waals surface area contributed by atoms with Crippen molar-refractivity contribution >= 4 is 27.1 Å². The van der Waals surface area contributed by atoms with Gasteiger partial charge in [0.15, 0.2) is 9.84 Å². The van der Waals surface area contributed by atoms with Crippen molar-refractivity contribution in [3.8, 4) is 5.75 Å². The van der Waals surface area contributed by atoms with Crippen LogP contribution >= 0.6 is 11.6 Å². The molecule has 0 aliphatic rings. The molecular weight excluding hydrogens is 330 g/mol. The highest BCUT2D eigenvalue weighted by atomic mass is 35.5. The van der Waals surface area contributed by atoms with E-state index in [1.165, 1.54) is 37.4 Å². The molecule has 0 saturated heterocycles. The number of ether oxygens (including phenoxy) is 1. The number of rotatable bonds is 5. The van der Waals surface area contributed by atoms with Crippen LogP contribution in [0.1, 0.15) is 5.56 Å². The molecule has 0 fully saturated rings. The zero-order chi connectivity index (χ0) is 16.3. The lowest BCUT2D eigenvalue weighted by Crippen LogP contribution is -2.07. The molecule has 2 aromatic carbocycles. The van der Waals surface area contributed by atoms with E-state index in [1.807, 2.05) is 0 Å². The lowest BCUT2D eigenvalue weighted by atomic mass is 10.2. The standard InChI is InChI=1S/C14H12ClNO5S/c1-21-13-7-6-11(16(17)18)8-10(13)9-22(19,20)14-5-3-2-4-12(14)15/h2-8H,9H2,1H3. The highest BCUT2D eigenvalue weighted by Gasteiger charge is 2.22. The Balaban J connectivity index is 2.47. The van der Waals surface area contributed by atoms with Gasteiger partial charge >= 0.3 is 0 Å². The monoisotopic (exact) mass is 341 g/mol. The minimum absolute atomic E-state index is 0.0229. The number of methoxy groups -OCH3 is 1. The van der Waals surface area contributed by atoms with Gasteiger partial charge in [0.25, 0.3) is 5.69 Å². The van der Waals surface area contributed by atoms with E-state index < -0.39 is 20.5 Å². The third-order valence-electron chi connectivity index (χ3n) is 2.99. The molecule has 0 unspecified atom stereocenters. The van der Waals surface area contributed by atoms with Crippen LogP contribution in [0.3, 0.4) is 0 Å². The molecule has 0 bridgehead atoms. The Morgan fingerprint density at radius 3 is 2.50 bits per heavy atom. The van der Waals surface area contributed by atoms with Crippen LogP contribution < -0.4 is 4.74 Å². The molecule has 0 atom stereocenters. The van der Waals surface area contributed by atoms with Gasteiger partial charge in [-0.25, -0.2) is 8.42 Å². The fourth-order valence-electron chi connectivity index (χ4n) is 1.97. The average molecular weight is 342 g/mol. The zero-order valence-corrected chi connectivity index (χ0v) is 13.1. The van der Waals surface area contributed by atoms with E-state index in [-0.39, 0.29) is 26.9 Å². The summed E-state index contributed by atoms with van der Waals surface area (Å²) in [6, 6.07) is 9.85. The first-order chi connectivity index (χ1) is 10.3. The Kier molecular flexibility index (Phi) is 4.68. The molecule has 2 aromatic rings. The summed E-state index contributed by atoms with van der Waals surface area (Å²) < 4.78 is 30.0. The summed E-state index contributed by atoms with van der Waals surface area (Å²) in [7, 11) is -2.39. The number of nitrogens with zero attached hydrogens (tertiary/aromatic N) is 1.